The first kappa shape index (κ1) is 71.6. The molecule has 0 atom stereocenters. The zero-order valence-electron chi connectivity index (χ0n) is 58.3. The lowest BCUT2D eigenvalue weighted by atomic mass is 9.85. The van der Waals surface area contributed by atoms with Crippen molar-refractivity contribution >= 4 is 33.4 Å². The highest BCUT2D eigenvalue weighted by molar-refractivity contribution is 6.01. The van der Waals surface area contributed by atoms with Crippen molar-refractivity contribution in [3.63, 3.8) is 0 Å². The molecule has 13 rings (SSSR count). The van der Waals surface area contributed by atoms with E-state index >= 15 is 0 Å². The zero-order valence-corrected chi connectivity index (χ0v) is 58.3. The minimum atomic E-state index is 0.152. The van der Waals surface area contributed by atoms with Gasteiger partial charge in [0, 0.05) is 25.9 Å². The molecule has 9 nitrogen and oxygen atoms in total. The van der Waals surface area contributed by atoms with E-state index < -0.39 is 0 Å². The third-order valence-electron chi connectivity index (χ3n) is 20.8. The average Bonchev–Trinajstić information content (AvgIpc) is 1.11. The summed E-state index contributed by atoms with van der Waals surface area (Å²) >= 11 is 0. The summed E-state index contributed by atoms with van der Waals surface area (Å²) in [5.41, 5.74) is 21.1. The SMILES string of the molecule is CCN1CCC(c2ccc(/C(=C(/CCCO)c3ccccc3)c3cccc(O)c3)cc2)CC1.CN1CCC(c2ccc(/C(=C(/CCCO)c3ccccc3)c3cccc(O)c3)cc2)CC1.OCCC/C(=C(/c1ccc(C2CCN(C3CC3)CC2)cc1)c1cccc(O)c1)c1ccccc1. The van der Waals surface area contributed by atoms with Gasteiger partial charge in [-0.2, -0.15) is 0 Å². The van der Waals surface area contributed by atoms with Crippen molar-refractivity contribution in [2.75, 3.05) is 72.7 Å². The van der Waals surface area contributed by atoms with Gasteiger partial charge in [0.2, 0.25) is 0 Å². The monoisotopic (exact) mass is 1320 g/mol. The molecule has 1 saturated carbocycles. The number of hydrogen-bond donors (Lipinski definition) is 6. The van der Waals surface area contributed by atoms with Crippen LogP contribution < -0.4 is 0 Å². The van der Waals surface area contributed by atoms with Crippen LogP contribution in [0.3, 0.4) is 0 Å². The number of hydrogen-bond acceptors (Lipinski definition) is 9. The molecule has 514 valence electrons. The van der Waals surface area contributed by atoms with Crippen molar-refractivity contribution in [1.82, 2.24) is 14.7 Å². The van der Waals surface area contributed by atoms with Crippen molar-refractivity contribution in [2.45, 2.75) is 121 Å². The Balaban J connectivity index is 0.000000150. The Morgan fingerprint density at radius 1 is 0.323 bits per heavy atom. The van der Waals surface area contributed by atoms with Crippen LogP contribution in [-0.4, -0.2) is 124 Å². The predicted molar refractivity (Wildman–Crippen MR) is 410 cm³/mol. The van der Waals surface area contributed by atoms with E-state index in [4.69, 9.17) is 0 Å². The van der Waals surface area contributed by atoms with Crippen LogP contribution in [0.4, 0.5) is 0 Å². The maximum Gasteiger partial charge on any atom is 0.116 e. The van der Waals surface area contributed by atoms with Gasteiger partial charge in [0.15, 0.2) is 0 Å². The van der Waals surface area contributed by atoms with Gasteiger partial charge in [0.05, 0.1) is 0 Å². The number of rotatable bonds is 23. The zero-order chi connectivity index (χ0) is 68.7. The molecule has 0 aromatic heterocycles. The van der Waals surface area contributed by atoms with Gasteiger partial charge in [-0.25, -0.2) is 0 Å². The molecule has 3 saturated heterocycles. The van der Waals surface area contributed by atoms with Gasteiger partial charge >= 0.3 is 0 Å². The van der Waals surface area contributed by atoms with Crippen molar-refractivity contribution in [1.29, 1.82) is 0 Å². The Bertz CT molecular complexity index is 4030. The highest BCUT2D eigenvalue weighted by Crippen LogP contribution is 2.42. The summed E-state index contributed by atoms with van der Waals surface area (Å²) in [6.07, 6.45) is 14.5. The molecule has 0 unspecified atom stereocenters. The van der Waals surface area contributed by atoms with Gasteiger partial charge in [-0.05, 0) is 297 Å². The smallest absolute Gasteiger partial charge is 0.116 e. The number of aliphatic hydroxyl groups excluding tert-OH is 3. The van der Waals surface area contributed by atoms with Crippen molar-refractivity contribution in [3.8, 4) is 17.2 Å². The number of likely N-dealkylation sites (tertiary alicyclic amines) is 3. The topological polar surface area (TPSA) is 131 Å². The van der Waals surface area contributed by atoms with E-state index in [1.165, 1.54) is 111 Å². The molecule has 4 aliphatic rings. The van der Waals surface area contributed by atoms with Crippen molar-refractivity contribution in [3.05, 3.63) is 303 Å². The quantitative estimate of drug-likeness (QED) is 0.0347. The molecule has 3 heterocycles. The van der Waals surface area contributed by atoms with Crippen LogP contribution >= 0.6 is 0 Å². The van der Waals surface area contributed by atoms with Gasteiger partial charge in [-0.15, -0.1) is 0 Å². The first-order valence-corrected chi connectivity index (χ1v) is 36.6. The summed E-state index contributed by atoms with van der Waals surface area (Å²) in [6, 6.07) is 81.8. The molecular weight excluding hydrogens is 1220 g/mol. The highest BCUT2D eigenvalue weighted by atomic mass is 16.3. The fourth-order valence-corrected chi connectivity index (χ4v) is 15.2. The summed E-state index contributed by atoms with van der Waals surface area (Å²) < 4.78 is 0. The van der Waals surface area contributed by atoms with Crippen molar-refractivity contribution in [2.24, 2.45) is 0 Å². The van der Waals surface area contributed by atoms with Crippen LogP contribution in [-0.2, 0) is 0 Å². The van der Waals surface area contributed by atoms with Gasteiger partial charge in [0.1, 0.15) is 17.2 Å². The second kappa shape index (κ2) is 36.4. The number of phenolic OH excluding ortho intramolecular Hbond substituents is 3. The maximum absolute atomic E-state index is 10.2. The Hall–Kier alpha value is -8.64. The lowest BCUT2D eigenvalue weighted by Crippen LogP contribution is -2.34. The largest absolute Gasteiger partial charge is 0.508 e. The fourth-order valence-electron chi connectivity index (χ4n) is 15.2. The number of aromatic hydroxyl groups is 3. The lowest BCUT2D eigenvalue weighted by Gasteiger charge is -2.32. The molecule has 9 aromatic rings. The number of piperidine rings is 3. The van der Waals surface area contributed by atoms with Crippen LogP contribution in [0.5, 0.6) is 17.2 Å². The second-order valence-electron chi connectivity index (χ2n) is 27.5. The second-order valence-corrected chi connectivity index (χ2v) is 27.5. The third-order valence-corrected chi connectivity index (χ3v) is 20.8. The molecule has 99 heavy (non-hydrogen) atoms. The van der Waals surface area contributed by atoms with E-state index in [9.17, 15) is 30.6 Å². The van der Waals surface area contributed by atoms with E-state index in [1.54, 1.807) is 18.2 Å². The molecular formula is C90H103N3O6. The summed E-state index contributed by atoms with van der Waals surface area (Å²) in [7, 11) is 2.20. The maximum atomic E-state index is 10.2. The average molecular weight is 1320 g/mol. The summed E-state index contributed by atoms with van der Waals surface area (Å²) in [5.74, 6) is 2.68. The van der Waals surface area contributed by atoms with E-state index in [1.807, 2.05) is 54.6 Å². The molecule has 6 N–H and O–H groups in total. The van der Waals surface area contributed by atoms with Gasteiger partial charge < -0.3 is 45.3 Å². The van der Waals surface area contributed by atoms with E-state index in [0.29, 0.717) is 37.0 Å². The minimum absolute atomic E-state index is 0.152. The summed E-state index contributed by atoms with van der Waals surface area (Å²) in [5, 5.41) is 59.4. The summed E-state index contributed by atoms with van der Waals surface area (Å²) in [4.78, 5) is 7.61. The molecule has 0 amide bonds. The number of aliphatic hydroxyl groups is 3. The Morgan fingerprint density at radius 3 is 0.899 bits per heavy atom. The van der Waals surface area contributed by atoms with Crippen molar-refractivity contribution < 1.29 is 30.6 Å². The fraction of sp³-hybridized carbons (Fsp3) is 0.333. The summed E-state index contributed by atoms with van der Waals surface area (Å²) in [6.45, 7) is 11.0. The first-order chi connectivity index (χ1) is 48.6. The van der Waals surface area contributed by atoms with Crippen LogP contribution in [0, 0.1) is 0 Å². The van der Waals surface area contributed by atoms with Crippen LogP contribution in [0.15, 0.2) is 237 Å². The van der Waals surface area contributed by atoms with Crippen LogP contribution in [0.1, 0.15) is 181 Å². The molecule has 0 bridgehead atoms. The molecule has 3 aliphatic heterocycles. The van der Waals surface area contributed by atoms with Gasteiger partial charge in [-0.1, -0.05) is 207 Å². The number of phenols is 3. The Labute approximate surface area is 589 Å². The minimum Gasteiger partial charge on any atom is -0.508 e. The Morgan fingerprint density at radius 2 is 0.616 bits per heavy atom. The molecule has 9 heteroatoms. The van der Waals surface area contributed by atoms with E-state index in [2.05, 4.69) is 192 Å². The number of allylic oxidation sites excluding steroid dienone is 3. The lowest BCUT2D eigenvalue weighted by molar-refractivity contribution is 0.203. The van der Waals surface area contributed by atoms with E-state index in [0.717, 1.165) is 112 Å². The third kappa shape index (κ3) is 19.6. The predicted octanol–water partition coefficient (Wildman–Crippen LogP) is 18.7. The standard InChI is InChI=1S/C31H35NO2.C30H35NO2.C29H33NO2/c33-21-5-10-30(25-6-2-1-3-7-25)31(27-8-4-9-29(34)22-27)26-13-11-23(12-14-26)24-17-19-32(20-18-24)28-15-16-28;1-2-31-19-17-24(18-20-31)23-13-15-26(16-14-23)30(27-10-6-11-28(33)22-27)29(12-7-21-32)25-8-4-3-5-9-25;1-30-18-16-23(17-19-30)22-12-14-25(15-13-22)29(26-9-5-10-27(32)21-26)28(11-6-20-31)24-7-3-2-4-8-24/h1-4,6-9,11-14,22,24,28,33-34H,5,10,15-21H2;3-6,8-11,13-16,22,24,32-33H,2,7,12,17-21H2,1H3;2-5,7-10,12-15,21,23,31-32H,6,11,16-20H2,1H3/b31-30+;30-29+;29-28+. The number of nitrogens with zero attached hydrogens (tertiary/aromatic N) is 3. The normalized spacial score (nSPS) is 16.7. The molecule has 0 spiro atoms. The van der Waals surface area contributed by atoms with Gasteiger partial charge in [-0.3, -0.25) is 0 Å². The number of benzene rings is 9. The first-order valence-electron chi connectivity index (χ1n) is 36.6. The highest BCUT2D eigenvalue weighted by Gasteiger charge is 2.32. The van der Waals surface area contributed by atoms with Gasteiger partial charge in [0.25, 0.3) is 0 Å². The molecule has 4 fully saturated rings. The molecule has 1 aliphatic carbocycles. The van der Waals surface area contributed by atoms with E-state index in [-0.39, 0.29) is 37.1 Å². The van der Waals surface area contributed by atoms with Crippen LogP contribution in [0.2, 0.25) is 0 Å². The van der Waals surface area contributed by atoms with Crippen LogP contribution in [0.25, 0.3) is 33.4 Å². The Kier molecular flexibility index (Phi) is 26.4. The molecule has 0 radical (unpaired) electrons. The molecule has 9 aromatic carbocycles.